The van der Waals surface area contributed by atoms with Gasteiger partial charge < -0.3 is 8.94 Å². The first kappa shape index (κ1) is 21.4. The minimum atomic E-state index is -4.44. The van der Waals surface area contributed by atoms with Gasteiger partial charge >= 0.3 is 11.9 Å². The Morgan fingerprint density at radius 2 is 1.74 bits per heavy atom. The lowest BCUT2D eigenvalue weighted by molar-refractivity contribution is -0.137. The van der Waals surface area contributed by atoms with Gasteiger partial charge in [-0.25, -0.2) is 9.48 Å². The van der Waals surface area contributed by atoms with Gasteiger partial charge in [-0.05, 0) is 43.3 Å². The van der Waals surface area contributed by atoms with Gasteiger partial charge in [-0.3, -0.25) is 0 Å². The lowest BCUT2D eigenvalue weighted by Gasteiger charge is -2.05. The number of nitrogens with zero attached hydrogens (tertiary/aromatic N) is 6. The number of aromatic nitrogens is 6. The summed E-state index contributed by atoms with van der Waals surface area (Å²) < 4.78 is 51.3. The zero-order valence-electron chi connectivity index (χ0n) is 17.5. The van der Waals surface area contributed by atoms with Crippen molar-refractivity contribution in [1.29, 1.82) is 0 Å². The minimum absolute atomic E-state index is 0.0143. The van der Waals surface area contributed by atoms with Crippen LogP contribution in [-0.4, -0.2) is 29.7 Å². The summed E-state index contributed by atoms with van der Waals surface area (Å²) in [5.74, 6) is -0.534. The average Bonchev–Trinajstić information content (AvgIpc) is 3.53. The molecule has 0 N–H and O–H groups in total. The van der Waals surface area contributed by atoms with E-state index in [4.69, 9.17) is 8.94 Å². The summed E-state index contributed by atoms with van der Waals surface area (Å²) in [6, 6.07) is 13.7. The van der Waals surface area contributed by atoms with Gasteiger partial charge in [-0.1, -0.05) is 23.4 Å². The summed E-state index contributed by atoms with van der Waals surface area (Å²) >= 11 is 0. The predicted octanol–water partition coefficient (Wildman–Crippen LogP) is 4.11. The number of hydrogen-bond donors (Lipinski definition) is 0. The molecule has 0 fully saturated rings. The van der Waals surface area contributed by atoms with Crippen LogP contribution in [-0.2, 0) is 12.7 Å². The maximum Gasteiger partial charge on any atom is 0.437 e. The van der Waals surface area contributed by atoms with Crippen LogP contribution in [0.4, 0.5) is 13.2 Å². The van der Waals surface area contributed by atoms with Crippen molar-refractivity contribution in [2.45, 2.75) is 19.6 Å². The third-order valence-electron chi connectivity index (χ3n) is 5.07. The van der Waals surface area contributed by atoms with E-state index >= 15 is 0 Å². The molecule has 0 atom stereocenters. The highest BCUT2D eigenvalue weighted by atomic mass is 19.4. The number of rotatable bonds is 5. The van der Waals surface area contributed by atoms with Crippen LogP contribution in [0.3, 0.4) is 0 Å². The second-order valence-electron chi connectivity index (χ2n) is 7.31. The van der Waals surface area contributed by atoms with Crippen LogP contribution in [0.2, 0.25) is 0 Å². The molecule has 0 aliphatic rings. The molecule has 5 aromatic rings. The van der Waals surface area contributed by atoms with Crippen LogP contribution in [0.5, 0.6) is 0 Å². The molecule has 0 saturated heterocycles. The van der Waals surface area contributed by atoms with E-state index in [1.165, 1.54) is 12.1 Å². The zero-order chi connectivity index (χ0) is 23.9. The van der Waals surface area contributed by atoms with E-state index in [0.29, 0.717) is 11.1 Å². The maximum absolute atomic E-state index is 12.7. The van der Waals surface area contributed by atoms with Gasteiger partial charge in [0.2, 0.25) is 0 Å². The molecule has 0 radical (unpaired) electrons. The number of hydrogen-bond acceptors (Lipinski definition) is 7. The summed E-state index contributed by atoms with van der Waals surface area (Å²) in [6.45, 7) is 1.67. The SMILES string of the molecule is Cc1c(-c2nn(Cc3noc(-c4ccc(C(F)(F)F)cc4)n3)c(=O)o2)cnn1-c1ccccc1. The Hall–Kier alpha value is -4.48. The van der Waals surface area contributed by atoms with E-state index in [-0.39, 0.29) is 24.2 Å². The van der Waals surface area contributed by atoms with Crippen molar-refractivity contribution in [1.82, 2.24) is 29.7 Å². The van der Waals surface area contributed by atoms with Gasteiger partial charge in [-0.15, -0.1) is 5.10 Å². The normalized spacial score (nSPS) is 11.8. The molecule has 12 heteroatoms. The summed E-state index contributed by atoms with van der Waals surface area (Å²) in [5, 5.41) is 12.3. The first-order valence-electron chi connectivity index (χ1n) is 9.98. The van der Waals surface area contributed by atoms with Gasteiger partial charge in [0.05, 0.1) is 28.7 Å². The monoisotopic (exact) mass is 468 g/mol. The molecule has 5 rings (SSSR count). The molecule has 0 unspecified atom stereocenters. The lowest BCUT2D eigenvalue weighted by atomic mass is 10.1. The van der Waals surface area contributed by atoms with E-state index < -0.39 is 17.5 Å². The highest BCUT2D eigenvalue weighted by Crippen LogP contribution is 2.30. The van der Waals surface area contributed by atoms with Crippen LogP contribution < -0.4 is 5.76 Å². The van der Waals surface area contributed by atoms with Crippen LogP contribution in [0.15, 0.2) is 74.5 Å². The van der Waals surface area contributed by atoms with Crippen molar-refractivity contribution >= 4 is 0 Å². The molecular weight excluding hydrogens is 453 g/mol. The quantitative estimate of drug-likeness (QED) is 0.382. The predicted molar refractivity (Wildman–Crippen MR) is 112 cm³/mol. The lowest BCUT2D eigenvalue weighted by Crippen LogP contribution is -2.17. The van der Waals surface area contributed by atoms with Crippen LogP contribution in [0.25, 0.3) is 28.6 Å². The van der Waals surface area contributed by atoms with E-state index in [2.05, 4.69) is 20.3 Å². The fraction of sp³-hybridized carbons (Fsp3) is 0.136. The average molecular weight is 468 g/mol. The Kier molecular flexibility index (Phi) is 5.11. The van der Waals surface area contributed by atoms with E-state index in [1.54, 1.807) is 10.9 Å². The Labute approximate surface area is 189 Å². The highest BCUT2D eigenvalue weighted by molar-refractivity contribution is 5.56. The van der Waals surface area contributed by atoms with Gasteiger partial charge in [0.15, 0.2) is 5.82 Å². The molecule has 0 aliphatic carbocycles. The fourth-order valence-electron chi connectivity index (χ4n) is 3.34. The van der Waals surface area contributed by atoms with Gasteiger partial charge in [0, 0.05) is 5.56 Å². The molecule has 0 bridgehead atoms. The van der Waals surface area contributed by atoms with Crippen molar-refractivity contribution in [3.05, 3.63) is 88.4 Å². The second kappa shape index (κ2) is 8.14. The molecule has 0 spiro atoms. The van der Waals surface area contributed by atoms with Gasteiger partial charge in [0.1, 0.15) is 6.54 Å². The molecule has 9 nitrogen and oxygen atoms in total. The molecule has 0 saturated carbocycles. The molecule has 0 aliphatic heterocycles. The molecular formula is C22H15F3N6O3. The van der Waals surface area contributed by atoms with Crippen LogP contribution in [0.1, 0.15) is 17.1 Å². The van der Waals surface area contributed by atoms with E-state index in [9.17, 15) is 18.0 Å². The molecule has 3 heterocycles. The number of halogens is 3. The maximum atomic E-state index is 12.7. The van der Waals surface area contributed by atoms with Crippen molar-refractivity contribution in [2.24, 2.45) is 0 Å². The Morgan fingerprint density at radius 3 is 2.44 bits per heavy atom. The summed E-state index contributed by atoms with van der Waals surface area (Å²) in [6.07, 6.45) is -2.89. The third kappa shape index (κ3) is 4.00. The summed E-state index contributed by atoms with van der Waals surface area (Å²) in [4.78, 5) is 16.5. The van der Waals surface area contributed by atoms with Crippen LogP contribution in [0, 0.1) is 6.92 Å². The first-order chi connectivity index (χ1) is 16.3. The van der Waals surface area contributed by atoms with Crippen molar-refractivity contribution < 1.29 is 22.1 Å². The summed E-state index contributed by atoms with van der Waals surface area (Å²) in [7, 11) is 0. The number of benzene rings is 2. The number of para-hydroxylation sites is 1. The van der Waals surface area contributed by atoms with E-state index in [1.807, 2.05) is 37.3 Å². The fourth-order valence-corrected chi connectivity index (χ4v) is 3.34. The van der Waals surface area contributed by atoms with E-state index in [0.717, 1.165) is 28.2 Å². The van der Waals surface area contributed by atoms with Crippen molar-refractivity contribution in [2.75, 3.05) is 0 Å². The minimum Gasteiger partial charge on any atom is -0.387 e. The molecule has 34 heavy (non-hydrogen) atoms. The van der Waals surface area contributed by atoms with Crippen molar-refractivity contribution in [3.63, 3.8) is 0 Å². The number of alkyl halides is 3. The van der Waals surface area contributed by atoms with Crippen LogP contribution >= 0.6 is 0 Å². The molecule has 0 amide bonds. The third-order valence-corrected chi connectivity index (χ3v) is 5.07. The Bertz CT molecular complexity index is 1500. The Balaban J connectivity index is 1.37. The summed E-state index contributed by atoms with van der Waals surface area (Å²) in [5.41, 5.74) is 1.63. The molecule has 3 aromatic heterocycles. The highest BCUT2D eigenvalue weighted by Gasteiger charge is 2.30. The molecule has 172 valence electrons. The topological polar surface area (TPSA) is 105 Å². The van der Waals surface area contributed by atoms with Gasteiger partial charge in [0.25, 0.3) is 11.8 Å². The Morgan fingerprint density at radius 1 is 1.00 bits per heavy atom. The second-order valence-corrected chi connectivity index (χ2v) is 7.31. The smallest absolute Gasteiger partial charge is 0.387 e. The van der Waals surface area contributed by atoms with Crippen molar-refractivity contribution in [3.8, 4) is 28.6 Å². The standard InChI is InChI=1S/C22H15F3N6O3/c1-13-17(11-26-31(13)16-5-3-2-4-6-16)20-28-30(21(32)33-20)12-18-27-19(34-29-18)14-7-9-15(10-8-14)22(23,24)25/h2-11H,12H2,1H3. The zero-order valence-corrected chi connectivity index (χ0v) is 17.5. The first-order valence-corrected chi connectivity index (χ1v) is 9.98. The largest absolute Gasteiger partial charge is 0.437 e. The molecule has 2 aromatic carbocycles. The van der Waals surface area contributed by atoms with Gasteiger partial charge in [-0.2, -0.15) is 27.9 Å².